The van der Waals surface area contributed by atoms with Gasteiger partial charge in [0.15, 0.2) is 6.20 Å². The lowest BCUT2D eigenvalue weighted by Crippen LogP contribution is -2.28. The molecule has 2 heterocycles. The van der Waals surface area contributed by atoms with Crippen molar-refractivity contribution in [2.75, 3.05) is 18.0 Å². The number of fused-ring (bicyclic) bond motifs is 2. The zero-order valence-corrected chi connectivity index (χ0v) is 17.1. The van der Waals surface area contributed by atoms with Gasteiger partial charge in [-0.25, -0.2) is 9.36 Å². The van der Waals surface area contributed by atoms with Gasteiger partial charge in [-0.05, 0) is 49.8 Å². The summed E-state index contributed by atoms with van der Waals surface area (Å²) in [4.78, 5) is 14.8. The molecule has 0 amide bonds. The molecule has 29 heavy (non-hydrogen) atoms. The van der Waals surface area contributed by atoms with Gasteiger partial charge in [0.2, 0.25) is 5.52 Å². The number of aromatic nitrogens is 1. The Morgan fingerprint density at radius 3 is 2.52 bits per heavy atom. The largest absolute Gasteiger partial charge is 0.422 e. The minimum absolute atomic E-state index is 0.323. The standard InChI is InChI=1S/C25H25N2O2/c1-4-27(5-2)21-13-12-19-16-20(25(28)29-24(19)17-21)11-10-18-14-15-26(3)23-9-7-6-8-22(18)23/h6-17H,4-5H2,1-3H3/q+1. The second-order valence-corrected chi connectivity index (χ2v) is 7.12. The fraction of sp³-hybridized carbons (Fsp3) is 0.200. The third kappa shape index (κ3) is 3.66. The van der Waals surface area contributed by atoms with Gasteiger partial charge in [-0.3, -0.25) is 0 Å². The van der Waals surface area contributed by atoms with Gasteiger partial charge in [0.25, 0.3) is 0 Å². The number of nitrogens with zero attached hydrogens (tertiary/aromatic N) is 2. The van der Waals surface area contributed by atoms with Crippen molar-refractivity contribution in [1.82, 2.24) is 0 Å². The summed E-state index contributed by atoms with van der Waals surface area (Å²) >= 11 is 0. The molecule has 0 aliphatic rings. The summed E-state index contributed by atoms with van der Waals surface area (Å²) in [7, 11) is 2.03. The smallest absolute Gasteiger partial charge is 0.343 e. The van der Waals surface area contributed by atoms with Crippen molar-refractivity contribution < 1.29 is 8.98 Å². The minimum atomic E-state index is -0.323. The van der Waals surface area contributed by atoms with Gasteiger partial charge in [0.05, 0.1) is 10.9 Å². The van der Waals surface area contributed by atoms with Crippen molar-refractivity contribution >= 4 is 39.7 Å². The van der Waals surface area contributed by atoms with Crippen molar-refractivity contribution in [3.8, 4) is 0 Å². The maximum Gasteiger partial charge on any atom is 0.343 e. The predicted molar refractivity (Wildman–Crippen MR) is 120 cm³/mol. The topological polar surface area (TPSA) is 37.3 Å². The predicted octanol–water partition coefficient (Wildman–Crippen LogP) is 4.79. The van der Waals surface area contributed by atoms with Crippen LogP contribution in [0.25, 0.3) is 34.0 Å². The van der Waals surface area contributed by atoms with E-state index in [4.69, 9.17) is 4.42 Å². The second kappa shape index (κ2) is 7.92. The van der Waals surface area contributed by atoms with Crippen LogP contribution in [0.5, 0.6) is 0 Å². The van der Waals surface area contributed by atoms with E-state index in [0.29, 0.717) is 11.1 Å². The first-order valence-electron chi connectivity index (χ1n) is 9.99. The molecule has 0 atom stereocenters. The maximum absolute atomic E-state index is 12.6. The first-order chi connectivity index (χ1) is 14.1. The maximum atomic E-state index is 12.6. The molecule has 0 N–H and O–H groups in total. The molecule has 0 aliphatic heterocycles. The summed E-state index contributed by atoms with van der Waals surface area (Å²) in [6.07, 6.45) is 5.84. The summed E-state index contributed by atoms with van der Waals surface area (Å²) in [5.74, 6) is 0. The van der Waals surface area contributed by atoms with Gasteiger partial charge in [0, 0.05) is 42.4 Å². The van der Waals surface area contributed by atoms with E-state index in [2.05, 4.69) is 47.6 Å². The Balaban J connectivity index is 1.74. The summed E-state index contributed by atoms with van der Waals surface area (Å²) in [6, 6.07) is 18.2. The monoisotopic (exact) mass is 385 g/mol. The quantitative estimate of drug-likeness (QED) is 0.366. The Morgan fingerprint density at radius 2 is 1.72 bits per heavy atom. The van der Waals surface area contributed by atoms with Crippen LogP contribution in [0.4, 0.5) is 5.69 Å². The number of hydrogen-bond acceptors (Lipinski definition) is 3. The van der Waals surface area contributed by atoms with E-state index in [1.165, 1.54) is 0 Å². The molecule has 0 aliphatic carbocycles. The molecule has 2 aromatic heterocycles. The molecular weight excluding hydrogens is 360 g/mol. The molecule has 2 aromatic carbocycles. The number of hydrogen-bond donors (Lipinski definition) is 0. The SMILES string of the molecule is CCN(CC)c1ccc2cc(/C=C/c3cc[n+](C)c4ccccc34)c(=O)oc2c1. The Labute approximate surface area is 170 Å². The lowest BCUT2D eigenvalue weighted by Gasteiger charge is -2.20. The number of pyridine rings is 1. The third-order valence-corrected chi connectivity index (χ3v) is 5.39. The Morgan fingerprint density at radius 1 is 0.966 bits per heavy atom. The molecule has 146 valence electrons. The van der Waals surface area contributed by atoms with Crippen LogP contribution in [-0.4, -0.2) is 13.1 Å². The van der Waals surface area contributed by atoms with Crippen LogP contribution in [-0.2, 0) is 7.05 Å². The van der Waals surface area contributed by atoms with Crippen LogP contribution < -0.4 is 15.1 Å². The highest BCUT2D eigenvalue weighted by molar-refractivity contribution is 5.89. The highest BCUT2D eigenvalue weighted by Crippen LogP contribution is 2.23. The molecule has 4 rings (SSSR count). The molecule has 4 heteroatoms. The molecule has 4 nitrogen and oxygen atoms in total. The fourth-order valence-electron chi connectivity index (χ4n) is 3.73. The van der Waals surface area contributed by atoms with E-state index in [9.17, 15) is 4.79 Å². The van der Waals surface area contributed by atoms with Crippen LogP contribution in [0.1, 0.15) is 25.0 Å². The van der Waals surface area contributed by atoms with Crippen molar-refractivity contribution in [1.29, 1.82) is 0 Å². The number of benzene rings is 2. The Bertz CT molecular complexity index is 1270. The zero-order chi connectivity index (χ0) is 20.4. The van der Waals surface area contributed by atoms with Crippen LogP contribution in [0, 0.1) is 0 Å². The highest BCUT2D eigenvalue weighted by atomic mass is 16.4. The van der Waals surface area contributed by atoms with Crippen LogP contribution in [0.15, 0.2) is 70.0 Å². The Hall–Kier alpha value is -3.40. The molecule has 0 spiro atoms. The van der Waals surface area contributed by atoms with E-state index >= 15 is 0 Å². The van der Waals surface area contributed by atoms with Gasteiger partial charge < -0.3 is 9.32 Å². The van der Waals surface area contributed by atoms with E-state index < -0.39 is 0 Å². The van der Waals surface area contributed by atoms with Crippen LogP contribution in [0.2, 0.25) is 0 Å². The number of rotatable bonds is 5. The average Bonchev–Trinajstić information content (AvgIpc) is 2.74. The van der Waals surface area contributed by atoms with Crippen molar-refractivity contribution in [3.63, 3.8) is 0 Å². The second-order valence-electron chi connectivity index (χ2n) is 7.12. The summed E-state index contributed by atoms with van der Waals surface area (Å²) < 4.78 is 7.72. The molecular formula is C25H25N2O2+. The number of para-hydroxylation sites is 1. The van der Waals surface area contributed by atoms with Gasteiger partial charge in [0.1, 0.15) is 12.6 Å². The average molecular weight is 385 g/mol. The van der Waals surface area contributed by atoms with Crippen molar-refractivity contribution in [2.45, 2.75) is 13.8 Å². The summed E-state index contributed by atoms with van der Waals surface area (Å²) in [6.45, 7) is 6.06. The molecule has 0 fully saturated rings. The normalized spacial score (nSPS) is 11.6. The minimum Gasteiger partial charge on any atom is -0.422 e. The van der Waals surface area contributed by atoms with E-state index in [0.717, 1.165) is 40.6 Å². The number of anilines is 1. The molecule has 0 bridgehead atoms. The first-order valence-corrected chi connectivity index (χ1v) is 9.99. The van der Waals surface area contributed by atoms with E-state index in [1.807, 2.05) is 55.7 Å². The molecule has 0 unspecified atom stereocenters. The van der Waals surface area contributed by atoms with Gasteiger partial charge in [-0.1, -0.05) is 18.2 Å². The first kappa shape index (κ1) is 18.9. The van der Waals surface area contributed by atoms with Gasteiger partial charge in [-0.2, -0.15) is 0 Å². The van der Waals surface area contributed by atoms with Crippen molar-refractivity contribution in [2.24, 2.45) is 7.05 Å². The van der Waals surface area contributed by atoms with Gasteiger partial charge in [-0.15, -0.1) is 0 Å². The molecule has 0 saturated heterocycles. The van der Waals surface area contributed by atoms with Crippen LogP contribution in [0.3, 0.4) is 0 Å². The van der Waals surface area contributed by atoms with Crippen LogP contribution >= 0.6 is 0 Å². The zero-order valence-electron chi connectivity index (χ0n) is 17.1. The fourth-order valence-corrected chi connectivity index (χ4v) is 3.73. The summed E-state index contributed by atoms with van der Waals surface area (Å²) in [5, 5.41) is 2.06. The van der Waals surface area contributed by atoms with E-state index in [-0.39, 0.29) is 5.63 Å². The molecule has 0 saturated carbocycles. The summed E-state index contributed by atoms with van der Waals surface area (Å²) in [5.41, 5.74) is 4.12. The highest BCUT2D eigenvalue weighted by Gasteiger charge is 2.09. The number of aryl methyl sites for hydroxylation is 1. The Kier molecular flexibility index (Phi) is 5.17. The van der Waals surface area contributed by atoms with Crippen molar-refractivity contribution in [3.05, 3.63) is 82.3 Å². The van der Waals surface area contributed by atoms with E-state index in [1.54, 1.807) is 0 Å². The van der Waals surface area contributed by atoms with Gasteiger partial charge >= 0.3 is 5.63 Å². The third-order valence-electron chi connectivity index (χ3n) is 5.39. The lowest BCUT2D eigenvalue weighted by atomic mass is 10.1. The molecule has 4 aromatic rings. The molecule has 0 radical (unpaired) electrons. The lowest BCUT2D eigenvalue weighted by molar-refractivity contribution is -0.644.